The number of carbonyl (C=O) groups is 3. The number of benzene rings is 2. The number of ether oxygens (including phenoxy) is 2. The lowest BCUT2D eigenvalue weighted by molar-refractivity contribution is -0.119. The number of aliphatic hydroxyl groups is 1. The van der Waals surface area contributed by atoms with Crippen molar-refractivity contribution < 1.29 is 29.0 Å². The molecule has 0 spiro atoms. The Morgan fingerprint density at radius 1 is 1.00 bits per heavy atom. The summed E-state index contributed by atoms with van der Waals surface area (Å²) in [4.78, 5) is 35.5. The van der Waals surface area contributed by atoms with Crippen LogP contribution in [0.15, 0.2) is 48.5 Å². The molecule has 7 nitrogen and oxygen atoms in total. The first-order valence-corrected chi connectivity index (χ1v) is 7.39. The van der Waals surface area contributed by atoms with Crippen LogP contribution in [0.1, 0.15) is 26.3 Å². The normalized spacial score (nSPS) is 10.0. The topological polar surface area (TPSA) is 102 Å². The van der Waals surface area contributed by atoms with Crippen LogP contribution in [-0.2, 0) is 20.9 Å². The predicted octanol–water partition coefficient (Wildman–Crippen LogP) is 1.76. The molecule has 0 saturated heterocycles. The van der Waals surface area contributed by atoms with Crippen molar-refractivity contribution >= 4 is 23.5 Å². The molecule has 0 aliphatic heterocycles. The van der Waals surface area contributed by atoms with Gasteiger partial charge in [0, 0.05) is 0 Å². The smallest absolute Gasteiger partial charge is 0.339 e. The highest BCUT2D eigenvalue weighted by Gasteiger charge is 2.15. The van der Waals surface area contributed by atoms with Gasteiger partial charge in [-0.15, -0.1) is 0 Å². The second-order valence-electron chi connectivity index (χ2n) is 5.02. The van der Waals surface area contributed by atoms with E-state index in [2.05, 4.69) is 10.1 Å². The van der Waals surface area contributed by atoms with Crippen molar-refractivity contribution in [3.63, 3.8) is 0 Å². The van der Waals surface area contributed by atoms with Crippen LogP contribution in [0, 0.1) is 0 Å². The summed E-state index contributed by atoms with van der Waals surface area (Å²) in [5, 5.41) is 11.5. The average Bonchev–Trinajstić information content (AvgIpc) is 2.66. The largest absolute Gasteiger partial charge is 0.465 e. The molecule has 0 aliphatic carbocycles. The number of aliphatic hydroxyl groups excluding tert-OH is 1. The first-order valence-electron chi connectivity index (χ1n) is 7.39. The number of anilines is 1. The Morgan fingerprint density at radius 2 is 1.68 bits per heavy atom. The van der Waals surface area contributed by atoms with Crippen molar-refractivity contribution in [3.05, 3.63) is 65.2 Å². The van der Waals surface area contributed by atoms with E-state index in [4.69, 9.17) is 9.84 Å². The van der Waals surface area contributed by atoms with E-state index < -0.39 is 24.5 Å². The van der Waals surface area contributed by atoms with Crippen molar-refractivity contribution in [2.24, 2.45) is 0 Å². The van der Waals surface area contributed by atoms with Gasteiger partial charge in [-0.2, -0.15) is 0 Å². The van der Waals surface area contributed by atoms with Crippen molar-refractivity contribution in [1.29, 1.82) is 0 Å². The third-order valence-electron chi connectivity index (χ3n) is 3.31. The molecule has 7 heteroatoms. The lowest BCUT2D eigenvalue weighted by Crippen LogP contribution is -2.22. The van der Waals surface area contributed by atoms with Gasteiger partial charge in [0.2, 0.25) is 0 Å². The van der Waals surface area contributed by atoms with Gasteiger partial charge in [-0.25, -0.2) is 9.59 Å². The minimum absolute atomic E-state index is 0.128. The van der Waals surface area contributed by atoms with E-state index in [-0.39, 0.29) is 23.4 Å². The maximum absolute atomic E-state index is 11.9. The van der Waals surface area contributed by atoms with E-state index in [0.29, 0.717) is 5.56 Å². The molecule has 0 saturated carbocycles. The number of methoxy groups -OCH3 is 1. The van der Waals surface area contributed by atoms with E-state index in [9.17, 15) is 14.4 Å². The minimum atomic E-state index is -0.666. The van der Waals surface area contributed by atoms with Crippen LogP contribution < -0.4 is 5.32 Å². The second-order valence-corrected chi connectivity index (χ2v) is 5.02. The summed E-state index contributed by atoms with van der Waals surface area (Å²) < 4.78 is 9.57. The summed E-state index contributed by atoms with van der Waals surface area (Å²) >= 11 is 0. The highest BCUT2D eigenvalue weighted by atomic mass is 16.5. The van der Waals surface area contributed by atoms with E-state index in [0.717, 1.165) is 0 Å². The summed E-state index contributed by atoms with van der Waals surface area (Å²) in [5.74, 6) is -1.84. The molecule has 0 radical (unpaired) electrons. The molecule has 2 aromatic rings. The van der Waals surface area contributed by atoms with Gasteiger partial charge in [0.25, 0.3) is 5.91 Å². The Bertz CT molecular complexity index is 769. The summed E-state index contributed by atoms with van der Waals surface area (Å²) in [6.07, 6.45) is 0. The van der Waals surface area contributed by atoms with Gasteiger partial charge in [0.15, 0.2) is 6.61 Å². The van der Waals surface area contributed by atoms with Crippen molar-refractivity contribution in [2.45, 2.75) is 6.61 Å². The van der Waals surface area contributed by atoms with Gasteiger partial charge >= 0.3 is 11.9 Å². The number of esters is 2. The summed E-state index contributed by atoms with van der Waals surface area (Å²) in [7, 11) is 1.24. The van der Waals surface area contributed by atoms with Gasteiger partial charge in [0.05, 0.1) is 30.5 Å². The molecule has 0 unspecified atom stereocenters. The molecule has 0 bridgehead atoms. The van der Waals surface area contributed by atoms with E-state index >= 15 is 0 Å². The standard InChI is InChI=1S/C18H17NO6/c1-24-18(23)14-4-2-3-5-15(14)19-16(21)11-25-17(22)13-8-6-12(10-20)7-9-13/h2-9,20H,10-11H2,1H3,(H,19,21). The van der Waals surface area contributed by atoms with Crippen LogP contribution in [0.25, 0.3) is 0 Å². The maximum Gasteiger partial charge on any atom is 0.339 e. The van der Waals surface area contributed by atoms with Gasteiger partial charge in [-0.05, 0) is 29.8 Å². The zero-order valence-electron chi connectivity index (χ0n) is 13.5. The molecular weight excluding hydrogens is 326 g/mol. The van der Waals surface area contributed by atoms with Crippen molar-refractivity contribution in [3.8, 4) is 0 Å². The Kier molecular flexibility index (Phi) is 6.25. The third-order valence-corrected chi connectivity index (χ3v) is 3.31. The minimum Gasteiger partial charge on any atom is -0.465 e. The zero-order chi connectivity index (χ0) is 18.2. The van der Waals surface area contributed by atoms with E-state index in [1.54, 1.807) is 30.3 Å². The first-order chi connectivity index (χ1) is 12.0. The highest BCUT2D eigenvalue weighted by Crippen LogP contribution is 2.16. The average molecular weight is 343 g/mol. The summed E-state index contributed by atoms with van der Waals surface area (Å²) in [6, 6.07) is 12.5. The first kappa shape index (κ1) is 18.2. The molecule has 1 amide bonds. The number of hydrogen-bond acceptors (Lipinski definition) is 6. The molecule has 0 heterocycles. The SMILES string of the molecule is COC(=O)c1ccccc1NC(=O)COC(=O)c1ccc(CO)cc1. The number of para-hydroxylation sites is 1. The molecule has 130 valence electrons. The molecule has 2 aromatic carbocycles. The monoisotopic (exact) mass is 343 g/mol. The third kappa shape index (κ3) is 4.89. The number of rotatable bonds is 6. The predicted molar refractivity (Wildman–Crippen MR) is 89.1 cm³/mol. The van der Waals surface area contributed by atoms with Gasteiger partial charge < -0.3 is 19.9 Å². The Morgan fingerprint density at radius 3 is 2.32 bits per heavy atom. The molecule has 25 heavy (non-hydrogen) atoms. The van der Waals surface area contributed by atoms with Gasteiger partial charge in [-0.1, -0.05) is 24.3 Å². The van der Waals surface area contributed by atoms with Crippen LogP contribution in [0.2, 0.25) is 0 Å². The molecular formula is C18H17NO6. The zero-order valence-corrected chi connectivity index (χ0v) is 13.5. The lowest BCUT2D eigenvalue weighted by atomic mass is 10.1. The quantitative estimate of drug-likeness (QED) is 0.775. The molecule has 2 N–H and O–H groups in total. The van der Waals surface area contributed by atoms with E-state index in [1.807, 2.05) is 0 Å². The van der Waals surface area contributed by atoms with Crippen LogP contribution in [0.4, 0.5) is 5.69 Å². The van der Waals surface area contributed by atoms with Gasteiger partial charge in [-0.3, -0.25) is 4.79 Å². The van der Waals surface area contributed by atoms with Crippen LogP contribution >= 0.6 is 0 Å². The fourth-order valence-electron chi connectivity index (χ4n) is 2.03. The second kappa shape index (κ2) is 8.60. The summed E-state index contributed by atoms with van der Waals surface area (Å²) in [6.45, 7) is -0.632. The molecule has 0 aromatic heterocycles. The van der Waals surface area contributed by atoms with Crippen LogP contribution in [0.5, 0.6) is 0 Å². The summed E-state index contributed by atoms with van der Waals surface area (Å²) in [5.41, 5.74) is 1.39. The number of amides is 1. The highest BCUT2D eigenvalue weighted by molar-refractivity contribution is 6.02. The maximum atomic E-state index is 11.9. The van der Waals surface area contributed by atoms with Gasteiger partial charge in [0.1, 0.15) is 0 Å². The number of carbonyl (C=O) groups excluding carboxylic acids is 3. The number of nitrogens with one attached hydrogen (secondary N) is 1. The molecule has 0 atom stereocenters. The van der Waals surface area contributed by atoms with Crippen molar-refractivity contribution in [2.75, 3.05) is 19.0 Å². The van der Waals surface area contributed by atoms with Crippen molar-refractivity contribution in [1.82, 2.24) is 0 Å². The Hall–Kier alpha value is -3.19. The fraction of sp³-hybridized carbons (Fsp3) is 0.167. The van der Waals surface area contributed by atoms with Crippen LogP contribution in [-0.4, -0.2) is 36.7 Å². The van der Waals surface area contributed by atoms with Crippen LogP contribution in [0.3, 0.4) is 0 Å². The molecule has 0 aliphatic rings. The Balaban J connectivity index is 1.94. The Labute approximate surface area is 144 Å². The van der Waals surface area contributed by atoms with E-state index in [1.165, 1.54) is 25.3 Å². The molecule has 0 fully saturated rings. The fourth-order valence-corrected chi connectivity index (χ4v) is 2.03. The number of hydrogen-bond donors (Lipinski definition) is 2. The lowest BCUT2D eigenvalue weighted by Gasteiger charge is -2.10. The molecule has 2 rings (SSSR count).